The summed E-state index contributed by atoms with van der Waals surface area (Å²) in [6.07, 6.45) is 0.624. The van der Waals surface area contributed by atoms with Gasteiger partial charge in [-0.05, 0) is 49.7 Å². The lowest BCUT2D eigenvalue weighted by Gasteiger charge is -2.13. The number of alkyl halides is 2. The van der Waals surface area contributed by atoms with E-state index in [1.807, 2.05) is 12.1 Å². The normalized spacial score (nSPS) is 11.6. The van der Waals surface area contributed by atoms with Gasteiger partial charge >= 0.3 is 6.61 Å². The van der Waals surface area contributed by atoms with Gasteiger partial charge in [-0.25, -0.2) is 4.98 Å². The lowest BCUT2D eigenvalue weighted by atomic mass is 10.1. The fraction of sp³-hybridized carbons (Fsp3) is 0.278. The van der Waals surface area contributed by atoms with Gasteiger partial charge in [0, 0.05) is 16.9 Å². The number of nitrogens with zero attached hydrogens (tertiary/aromatic N) is 2. The van der Waals surface area contributed by atoms with Crippen LogP contribution in [-0.4, -0.2) is 16.2 Å². The Balaban J connectivity index is 1.93. The topological polar surface area (TPSA) is 27.1 Å². The van der Waals surface area contributed by atoms with Crippen molar-refractivity contribution in [3.8, 4) is 5.75 Å². The van der Waals surface area contributed by atoms with Crippen molar-refractivity contribution in [1.82, 2.24) is 9.55 Å². The molecule has 6 heteroatoms. The van der Waals surface area contributed by atoms with E-state index in [2.05, 4.69) is 45.1 Å². The van der Waals surface area contributed by atoms with E-state index >= 15 is 0 Å². The van der Waals surface area contributed by atoms with Crippen LogP contribution in [0.3, 0.4) is 0 Å². The summed E-state index contributed by atoms with van der Waals surface area (Å²) in [5.74, 6) is 1.11. The Morgan fingerprint density at radius 2 is 1.83 bits per heavy atom. The molecule has 0 amide bonds. The van der Waals surface area contributed by atoms with Gasteiger partial charge in [0.2, 0.25) is 0 Å². The monoisotopic (exact) mass is 394 g/mol. The van der Waals surface area contributed by atoms with Crippen molar-refractivity contribution in [3.63, 3.8) is 0 Å². The summed E-state index contributed by atoms with van der Waals surface area (Å²) in [5, 5.41) is 0. The van der Waals surface area contributed by atoms with Gasteiger partial charge in [-0.3, -0.25) is 0 Å². The molecule has 0 atom stereocenters. The van der Waals surface area contributed by atoms with Crippen LogP contribution in [-0.2, 0) is 6.42 Å². The number of halogens is 3. The van der Waals surface area contributed by atoms with Crippen LogP contribution in [0.1, 0.15) is 31.3 Å². The van der Waals surface area contributed by atoms with Crippen LogP contribution in [0, 0.1) is 0 Å². The molecule has 0 saturated heterocycles. The van der Waals surface area contributed by atoms with Crippen molar-refractivity contribution in [2.24, 2.45) is 0 Å². The summed E-state index contributed by atoms with van der Waals surface area (Å²) in [4.78, 5) is 4.73. The molecule has 1 aromatic heterocycles. The maximum atomic E-state index is 12.2. The average Bonchev–Trinajstić information content (AvgIpc) is 2.86. The maximum Gasteiger partial charge on any atom is 0.387 e. The van der Waals surface area contributed by atoms with Crippen LogP contribution in [0.5, 0.6) is 5.75 Å². The molecule has 1 heterocycles. The second-order valence-electron chi connectivity index (χ2n) is 5.82. The number of imidazole rings is 1. The van der Waals surface area contributed by atoms with Gasteiger partial charge in [0.15, 0.2) is 0 Å². The number of fused-ring (bicyclic) bond motifs is 1. The fourth-order valence-electron chi connectivity index (χ4n) is 2.79. The molecule has 0 aliphatic rings. The summed E-state index contributed by atoms with van der Waals surface area (Å²) in [5.41, 5.74) is 3.01. The zero-order valence-electron chi connectivity index (χ0n) is 13.3. The first kappa shape index (κ1) is 16.9. The zero-order chi connectivity index (χ0) is 17.3. The van der Waals surface area contributed by atoms with E-state index in [1.165, 1.54) is 0 Å². The number of ether oxygens (including phenoxy) is 1. The van der Waals surface area contributed by atoms with Gasteiger partial charge in [0.25, 0.3) is 0 Å². The van der Waals surface area contributed by atoms with Gasteiger partial charge in [-0.2, -0.15) is 8.78 Å². The van der Waals surface area contributed by atoms with Crippen molar-refractivity contribution in [3.05, 3.63) is 58.3 Å². The van der Waals surface area contributed by atoms with Crippen LogP contribution in [0.2, 0.25) is 0 Å². The average molecular weight is 395 g/mol. The van der Waals surface area contributed by atoms with Gasteiger partial charge in [-0.1, -0.05) is 28.1 Å². The first-order valence-electron chi connectivity index (χ1n) is 7.64. The van der Waals surface area contributed by atoms with E-state index in [-0.39, 0.29) is 11.8 Å². The van der Waals surface area contributed by atoms with Crippen LogP contribution in [0.4, 0.5) is 8.78 Å². The minimum absolute atomic E-state index is 0.162. The highest BCUT2D eigenvalue weighted by atomic mass is 79.9. The SMILES string of the molecule is CC(C)n1c(Cc2ccc(OC(F)F)cc2)nc2ccc(Br)cc21. The minimum atomic E-state index is -2.81. The Hall–Kier alpha value is -1.95. The Morgan fingerprint density at radius 3 is 2.46 bits per heavy atom. The van der Waals surface area contributed by atoms with Crippen molar-refractivity contribution >= 4 is 27.0 Å². The van der Waals surface area contributed by atoms with Gasteiger partial charge < -0.3 is 9.30 Å². The van der Waals surface area contributed by atoms with E-state index in [9.17, 15) is 8.78 Å². The molecule has 0 fully saturated rings. The second-order valence-corrected chi connectivity index (χ2v) is 6.74. The Morgan fingerprint density at radius 1 is 1.12 bits per heavy atom. The van der Waals surface area contributed by atoms with Gasteiger partial charge in [-0.15, -0.1) is 0 Å². The first-order valence-corrected chi connectivity index (χ1v) is 8.43. The highest BCUT2D eigenvalue weighted by molar-refractivity contribution is 9.10. The predicted molar refractivity (Wildman–Crippen MR) is 93.7 cm³/mol. The number of benzene rings is 2. The third kappa shape index (κ3) is 3.59. The second kappa shape index (κ2) is 6.89. The van der Waals surface area contributed by atoms with E-state index in [0.29, 0.717) is 6.42 Å². The summed E-state index contributed by atoms with van der Waals surface area (Å²) >= 11 is 3.50. The Labute approximate surface area is 147 Å². The molecule has 24 heavy (non-hydrogen) atoms. The molecule has 3 nitrogen and oxygen atoms in total. The van der Waals surface area contributed by atoms with Gasteiger partial charge in [0.05, 0.1) is 11.0 Å². The van der Waals surface area contributed by atoms with Crippen molar-refractivity contribution in [1.29, 1.82) is 0 Å². The first-order chi connectivity index (χ1) is 11.4. The Kier molecular flexibility index (Phi) is 4.85. The van der Waals surface area contributed by atoms with Crippen LogP contribution in [0.25, 0.3) is 11.0 Å². The molecule has 0 aliphatic carbocycles. The number of rotatable bonds is 5. The number of hydrogen-bond donors (Lipinski definition) is 0. The molecule has 126 valence electrons. The number of hydrogen-bond acceptors (Lipinski definition) is 2. The molecular weight excluding hydrogens is 378 g/mol. The highest BCUT2D eigenvalue weighted by Crippen LogP contribution is 2.26. The van der Waals surface area contributed by atoms with Crippen LogP contribution in [0.15, 0.2) is 46.9 Å². The molecule has 2 aromatic carbocycles. The quantitative estimate of drug-likeness (QED) is 0.565. The van der Waals surface area contributed by atoms with Crippen molar-refractivity contribution in [2.45, 2.75) is 32.9 Å². The number of aromatic nitrogens is 2. The molecule has 0 bridgehead atoms. The lowest BCUT2D eigenvalue weighted by Crippen LogP contribution is -2.07. The van der Waals surface area contributed by atoms with Crippen molar-refractivity contribution < 1.29 is 13.5 Å². The van der Waals surface area contributed by atoms with Crippen molar-refractivity contribution in [2.75, 3.05) is 0 Å². The summed E-state index contributed by atoms with van der Waals surface area (Å²) in [6.45, 7) is 1.43. The van der Waals surface area contributed by atoms with Crippen LogP contribution < -0.4 is 4.74 Å². The molecule has 3 rings (SSSR count). The summed E-state index contributed by atoms with van der Waals surface area (Å²) < 4.78 is 32.0. The van der Waals surface area contributed by atoms with Crippen LogP contribution >= 0.6 is 15.9 Å². The minimum Gasteiger partial charge on any atom is -0.435 e. The molecule has 0 aliphatic heterocycles. The molecular formula is C18H17BrF2N2O. The predicted octanol–water partition coefficient (Wildman–Crippen LogP) is 5.57. The smallest absolute Gasteiger partial charge is 0.387 e. The molecule has 3 aromatic rings. The molecule has 0 unspecified atom stereocenters. The lowest BCUT2D eigenvalue weighted by molar-refractivity contribution is -0.0498. The molecule has 0 spiro atoms. The van der Waals surface area contributed by atoms with E-state index in [4.69, 9.17) is 4.98 Å². The zero-order valence-corrected chi connectivity index (χ0v) is 14.9. The van der Waals surface area contributed by atoms with Gasteiger partial charge in [0.1, 0.15) is 11.6 Å². The molecule has 0 saturated carbocycles. The largest absolute Gasteiger partial charge is 0.435 e. The molecule has 0 N–H and O–H groups in total. The van der Waals surface area contributed by atoms with E-state index < -0.39 is 6.61 Å². The Bertz CT molecular complexity index is 844. The summed E-state index contributed by atoms with van der Waals surface area (Å²) in [7, 11) is 0. The van der Waals surface area contributed by atoms with E-state index in [1.54, 1.807) is 24.3 Å². The third-order valence-corrected chi connectivity index (χ3v) is 4.24. The standard InChI is InChI=1S/C18H17BrF2N2O/c1-11(2)23-16-10-13(19)5-8-15(16)22-17(23)9-12-3-6-14(7-4-12)24-18(20)21/h3-8,10-11,18H,9H2,1-2H3. The van der Waals surface area contributed by atoms with E-state index in [0.717, 1.165) is 26.9 Å². The fourth-order valence-corrected chi connectivity index (χ4v) is 3.14. The summed E-state index contributed by atoms with van der Waals surface area (Å²) in [6, 6.07) is 13.0. The molecule has 0 radical (unpaired) electrons. The maximum absolute atomic E-state index is 12.2. The highest BCUT2D eigenvalue weighted by Gasteiger charge is 2.14. The third-order valence-electron chi connectivity index (χ3n) is 3.75.